The first-order valence-electron chi connectivity index (χ1n) is 6.38. The topological polar surface area (TPSA) is 12.0 Å². The fourth-order valence-corrected chi connectivity index (χ4v) is 3.06. The molecule has 4 heteroatoms. The number of benzene rings is 2. The lowest BCUT2D eigenvalue weighted by atomic mass is 9.95. The van der Waals surface area contributed by atoms with E-state index in [9.17, 15) is 4.39 Å². The van der Waals surface area contributed by atoms with Crippen LogP contribution in [0.2, 0.25) is 0 Å². The average Bonchev–Trinajstić information content (AvgIpc) is 2.42. The van der Waals surface area contributed by atoms with Crippen LogP contribution in [0.4, 0.5) is 4.39 Å². The van der Waals surface area contributed by atoms with Crippen LogP contribution < -0.4 is 5.32 Å². The maximum absolute atomic E-state index is 13.4. The molecule has 0 fully saturated rings. The predicted octanol–water partition coefficient (Wildman–Crippen LogP) is 5.16. The molecule has 0 bridgehead atoms. The van der Waals surface area contributed by atoms with E-state index in [0.717, 1.165) is 20.9 Å². The Labute approximate surface area is 135 Å². The highest BCUT2D eigenvalue weighted by Crippen LogP contribution is 2.28. The third kappa shape index (κ3) is 3.68. The normalized spacial score (nSPS) is 12.4. The summed E-state index contributed by atoms with van der Waals surface area (Å²) >= 11 is 7.00. The number of hydrogen-bond donors (Lipinski definition) is 1. The van der Waals surface area contributed by atoms with Crippen molar-refractivity contribution in [3.63, 3.8) is 0 Å². The van der Waals surface area contributed by atoms with Gasteiger partial charge in [0.1, 0.15) is 5.82 Å². The monoisotopic (exact) mass is 399 g/mol. The fraction of sp³-hybridized carbons (Fsp3) is 0.250. The van der Waals surface area contributed by atoms with Crippen LogP contribution in [0.25, 0.3) is 0 Å². The standard InChI is InChI=1S/C16H16Br2FN/c1-10-3-4-12(17)9-14(10)16(20-2)8-11-7-13(19)5-6-15(11)18/h3-7,9,16,20H,8H2,1-2H3. The van der Waals surface area contributed by atoms with Gasteiger partial charge in [-0.05, 0) is 67.4 Å². The number of likely N-dealkylation sites (N-methyl/N-ethyl adjacent to an activating group) is 1. The first-order valence-corrected chi connectivity index (χ1v) is 7.97. The van der Waals surface area contributed by atoms with Crippen molar-refractivity contribution in [2.45, 2.75) is 19.4 Å². The van der Waals surface area contributed by atoms with Crippen LogP contribution in [-0.4, -0.2) is 7.05 Å². The smallest absolute Gasteiger partial charge is 0.123 e. The minimum absolute atomic E-state index is 0.144. The van der Waals surface area contributed by atoms with Crippen LogP contribution in [0, 0.1) is 12.7 Å². The first-order chi connectivity index (χ1) is 9.51. The molecule has 0 aliphatic rings. The first kappa shape index (κ1) is 15.7. The van der Waals surface area contributed by atoms with E-state index in [1.165, 1.54) is 17.2 Å². The molecule has 0 amide bonds. The maximum Gasteiger partial charge on any atom is 0.123 e. The van der Waals surface area contributed by atoms with Gasteiger partial charge in [0.2, 0.25) is 0 Å². The summed E-state index contributed by atoms with van der Waals surface area (Å²) < 4.78 is 15.4. The zero-order valence-electron chi connectivity index (χ0n) is 11.4. The van der Waals surface area contributed by atoms with Gasteiger partial charge in [0.25, 0.3) is 0 Å². The van der Waals surface area contributed by atoms with E-state index in [4.69, 9.17) is 0 Å². The second-order valence-electron chi connectivity index (χ2n) is 4.78. The molecule has 1 N–H and O–H groups in total. The molecule has 2 aromatic rings. The molecule has 1 nitrogen and oxygen atoms in total. The third-order valence-electron chi connectivity index (χ3n) is 3.40. The van der Waals surface area contributed by atoms with Crippen LogP contribution in [0.3, 0.4) is 0 Å². The van der Waals surface area contributed by atoms with Crippen molar-refractivity contribution in [3.8, 4) is 0 Å². The second kappa shape index (κ2) is 6.83. The summed E-state index contributed by atoms with van der Waals surface area (Å²) in [7, 11) is 1.93. The summed E-state index contributed by atoms with van der Waals surface area (Å²) in [5.74, 6) is -0.205. The summed E-state index contributed by atoms with van der Waals surface area (Å²) in [6.07, 6.45) is 0.728. The summed E-state index contributed by atoms with van der Waals surface area (Å²) in [4.78, 5) is 0. The van der Waals surface area contributed by atoms with Crippen molar-refractivity contribution in [1.82, 2.24) is 5.32 Å². The highest BCUT2D eigenvalue weighted by Gasteiger charge is 2.15. The largest absolute Gasteiger partial charge is 0.313 e. The summed E-state index contributed by atoms with van der Waals surface area (Å²) in [6, 6.07) is 11.2. The Morgan fingerprint density at radius 1 is 1.15 bits per heavy atom. The van der Waals surface area contributed by atoms with Gasteiger partial charge in [-0.1, -0.05) is 37.9 Å². The average molecular weight is 401 g/mol. The van der Waals surface area contributed by atoms with E-state index in [0.29, 0.717) is 0 Å². The molecule has 0 saturated carbocycles. The van der Waals surface area contributed by atoms with Gasteiger partial charge in [-0.25, -0.2) is 4.39 Å². The number of rotatable bonds is 4. The van der Waals surface area contributed by atoms with Gasteiger partial charge < -0.3 is 5.32 Å². The molecule has 0 radical (unpaired) electrons. The van der Waals surface area contributed by atoms with Crippen LogP contribution >= 0.6 is 31.9 Å². The Morgan fingerprint density at radius 2 is 1.90 bits per heavy atom. The molecule has 0 heterocycles. The fourth-order valence-electron chi connectivity index (χ4n) is 2.27. The molecule has 2 rings (SSSR count). The van der Waals surface area contributed by atoms with E-state index in [2.05, 4.69) is 56.2 Å². The zero-order valence-corrected chi connectivity index (χ0v) is 14.6. The molecular weight excluding hydrogens is 385 g/mol. The molecular formula is C16H16Br2FN. The van der Waals surface area contributed by atoms with Crippen molar-refractivity contribution < 1.29 is 4.39 Å². The second-order valence-corrected chi connectivity index (χ2v) is 6.55. The molecule has 0 saturated heterocycles. The Balaban J connectivity index is 2.33. The number of aryl methyl sites for hydroxylation is 1. The van der Waals surface area contributed by atoms with Crippen LogP contribution in [0.5, 0.6) is 0 Å². The van der Waals surface area contributed by atoms with Gasteiger partial charge in [-0.2, -0.15) is 0 Å². The Hall–Kier alpha value is -0.710. The summed E-state index contributed by atoms with van der Waals surface area (Å²) in [6.45, 7) is 2.09. The van der Waals surface area contributed by atoms with Crippen molar-refractivity contribution >= 4 is 31.9 Å². The van der Waals surface area contributed by atoms with Gasteiger partial charge in [-0.15, -0.1) is 0 Å². The third-order valence-corrected chi connectivity index (χ3v) is 4.66. The van der Waals surface area contributed by atoms with Crippen LogP contribution in [0.1, 0.15) is 22.7 Å². The van der Waals surface area contributed by atoms with Gasteiger partial charge in [-0.3, -0.25) is 0 Å². The van der Waals surface area contributed by atoms with E-state index >= 15 is 0 Å². The Kier molecular flexibility index (Phi) is 5.35. The Bertz CT molecular complexity index is 613. The summed E-state index contributed by atoms with van der Waals surface area (Å²) in [5, 5.41) is 3.32. The van der Waals surface area contributed by atoms with Crippen molar-refractivity contribution in [3.05, 3.63) is 67.9 Å². The molecule has 0 aliphatic heterocycles. The van der Waals surface area contributed by atoms with E-state index in [1.807, 2.05) is 13.1 Å². The summed E-state index contributed by atoms with van der Waals surface area (Å²) in [5.41, 5.74) is 3.40. The lowest BCUT2D eigenvalue weighted by Gasteiger charge is -2.20. The van der Waals surface area contributed by atoms with Crippen molar-refractivity contribution in [2.24, 2.45) is 0 Å². The van der Waals surface area contributed by atoms with Crippen LogP contribution in [-0.2, 0) is 6.42 Å². The maximum atomic E-state index is 13.4. The number of nitrogens with one attached hydrogen (secondary N) is 1. The SMILES string of the molecule is CNC(Cc1cc(F)ccc1Br)c1cc(Br)ccc1C. The molecule has 0 aromatic heterocycles. The molecule has 20 heavy (non-hydrogen) atoms. The minimum Gasteiger partial charge on any atom is -0.313 e. The van der Waals surface area contributed by atoms with Gasteiger partial charge >= 0.3 is 0 Å². The van der Waals surface area contributed by atoms with E-state index in [1.54, 1.807) is 12.1 Å². The molecule has 0 aliphatic carbocycles. The molecule has 106 valence electrons. The lowest BCUT2D eigenvalue weighted by molar-refractivity contribution is 0.580. The lowest BCUT2D eigenvalue weighted by Crippen LogP contribution is -2.20. The highest BCUT2D eigenvalue weighted by atomic mass is 79.9. The predicted molar refractivity (Wildman–Crippen MR) is 88.5 cm³/mol. The van der Waals surface area contributed by atoms with Gasteiger partial charge in [0.15, 0.2) is 0 Å². The molecule has 2 aromatic carbocycles. The van der Waals surface area contributed by atoms with E-state index in [-0.39, 0.29) is 11.9 Å². The van der Waals surface area contributed by atoms with Gasteiger partial charge in [0, 0.05) is 15.0 Å². The molecule has 1 unspecified atom stereocenters. The minimum atomic E-state index is -0.205. The van der Waals surface area contributed by atoms with E-state index < -0.39 is 0 Å². The Morgan fingerprint density at radius 3 is 2.60 bits per heavy atom. The molecule has 0 spiro atoms. The number of halogens is 3. The quantitative estimate of drug-likeness (QED) is 0.747. The van der Waals surface area contributed by atoms with Crippen molar-refractivity contribution in [1.29, 1.82) is 0 Å². The van der Waals surface area contributed by atoms with Crippen LogP contribution in [0.15, 0.2) is 45.3 Å². The zero-order chi connectivity index (χ0) is 14.7. The highest BCUT2D eigenvalue weighted by molar-refractivity contribution is 9.10. The number of hydrogen-bond acceptors (Lipinski definition) is 1. The van der Waals surface area contributed by atoms with Crippen molar-refractivity contribution in [2.75, 3.05) is 7.05 Å². The molecule has 1 atom stereocenters. The van der Waals surface area contributed by atoms with Gasteiger partial charge in [0.05, 0.1) is 0 Å².